The molecule has 0 spiro atoms. The number of amides is 1. The predicted molar refractivity (Wildman–Crippen MR) is 62.5 cm³/mol. The third-order valence-electron chi connectivity index (χ3n) is 2.84. The molecule has 1 unspecified atom stereocenters. The Morgan fingerprint density at radius 2 is 2.22 bits per heavy atom. The van der Waals surface area contributed by atoms with Crippen molar-refractivity contribution in [3.8, 4) is 11.5 Å². The van der Waals surface area contributed by atoms with Gasteiger partial charge < -0.3 is 25.0 Å². The van der Waals surface area contributed by atoms with E-state index in [2.05, 4.69) is 0 Å². The lowest BCUT2D eigenvalue weighted by molar-refractivity contribution is -0.0447. The van der Waals surface area contributed by atoms with Crippen LogP contribution >= 0.6 is 0 Å². The summed E-state index contributed by atoms with van der Waals surface area (Å²) in [5, 5.41) is 28.0. The first-order valence-electron chi connectivity index (χ1n) is 5.65. The molecule has 2 rings (SSSR count). The van der Waals surface area contributed by atoms with E-state index in [4.69, 9.17) is 9.84 Å². The van der Waals surface area contributed by atoms with Gasteiger partial charge in [0.15, 0.2) is 0 Å². The van der Waals surface area contributed by atoms with Gasteiger partial charge in [0.2, 0.25) is 0 Å². The molecule has 1 aromatic carbocycles. The summed E-state index contributed by atoms with van der Waals surface area (Å²) in [6.45, 7) is 0.848. The highest BCUT2D eigenvalue weighted by molar-refractivity contribution is 5.97. The van der Waals surface area contributed by atoms with Gasteiger partial charge in [0, 0.05) is 13.1 Å². The van der Waals surface area contributed by atoms with E-state index in [1.165, 1.54) is 23.1 Å². The van der Waals surface area contributed by atoms with Gasteiger partial charge in [-0.15, -0.1) is 0 Å². The number of carbonyl (C=O) groups is 1. The number of hydrogen-bond acceptors (Lipinski definition) is 5. The van der Waals surface area contributed by atoms with Crippen LogP contribution in [-0.4, -0.2) is 58.5 Å². The number of aliphatic hydroxyl groups excluding tert-OH is 1. The van der Waals surface area contributed by atoms with Crippen LogP contribution in [0.4, 0.5) is 0 Å². The Morgan fingerprint density at radius 3 is 2.94 bits per heavy atom. The van der Waals surface area contributed by atoms with Crippen LogP contribution in [0, 0.1) is 0 Å². The zero-order valence-electron chi connectivity index (χ0n) is 9.74. The summed E-state index contributed by atoms with van der Waals surface area (Å²) in [5.74, 6) is -0.641. The van der Waals surface area contributed by atoms with Crippen molar-refractivity contribution in [3.63, 3.8) is 0 Å². The molecule has 1 aromatic rings. The maximum atomic E-state index is 12.2. The highest BCUT2D eigenvalue weighted by Gasteiger charge is 2.26. The first kappa shape index (κ1) is 12.7. The number of hydrogen-bond donors (Lipinski definition) is 3. The van der Waals surface area contributed by atoms with Crippen molar-refractivity contribution in [3.05, 3.63) is 23.8 Å². The lowest BCUT2D eigenvalue weighted by Crippen LogP contribution is -2.46. The number of rotatable bonds is 2. The number of benzene rings is 1. The van der Waals surface area contributed by atoms with Gasteiger partial charge >= 0.3 is 0 Å². The van der Waals surface area contributed by atoms with Crippen LogP contribution in [0.1, 0.15) is 10.4 Å². The quantitative estimate of drug-likeness (QED) is 0.642. The van der Waals surface area contributed by atoms with E-state index in [0.717, 1.165) is 0 Å². The molecule has 1 saturated heterocycles. The van der Waals surface area contributed by atoms with Crippen LogP contribution < -0.4 is 0 Å². The molecule has 0 bridgehead atoms. The highest BCUT2D eigenvalue weighted by atomic mass is 16.5. The van der Waals surface area contributed by atoms with Crippen LogP contribution in [0.25, 0.3) is 0 Å². The van der Waals surface area contributed by atoms with Crippen molar-refractivity contribution < 1.29 is 24.9 Å². The molecular weight excluding hydrogens is 238 g/mol. The second kappa shape index (κ2) is 5.24. The largest absolute Gasteiger partial charge is 0.508 e. The molecule has 1 aliphatic rings. The standard InChI is InChI=1S/C12H15NO5/c14-7-9-6-13(3-4-18-9)12(17)10-5-8(15)1-2-11(10)16/h1-2,5,9,14-16H,3-4,6-7H2. The van der Waals surface area contributed by atoms with Gasteiger partial charge in [0.05, 0.1) is 24.9 Å². The minimum atomic E-state index is -0.401. The van der Waals surface area contributed by atoms with Crippen LogP contribution in [0.3, 0.4) is 0 Å². The Hall–Kier alpha value is -1.79. The summed E-state index contributed by atoms with van der Waals surface area (Å²) in [4.78, 5) is 13.6. The fourth-order valence-corrected chi connectivity index (χ4v) is 1.88. The molecule has 1 aliphatic heterocycles. The monoisotopic (exact) mass is 253 g/mol. The van der Waals surface area contributed by atoms with Crippen molar-refractivity contribution in [2.45, 2.75) is 6.10 Å². The molecule has 1 heterocycles. The van der Waals surface area contributed by atoms with Crippen molar-refractivity contribution in [1.82, 2.24) is 4.90 Å². The predicted octanol–water partition coefficient (Wildman–Crippen LogP) is -0.0689. The van der Waals surface area contributed by atoms with Gasteiger partial charge in [-0.3, -0.25) is 4.79 Å². The molecule has 0 radical (unpaired) electrons. The summed E-state index contributed by atoms with van der Waals surface area (Å²) < 4.78 is 5.24. The number of morpholine rings is 1. The minimum Gasteiger partial charge on any atom is -0.508 e. The smallest absolute Gasteiger partial charge is 0.257 e. The zero-order valence-corrected chi connectivity index (χ0v) is 9.74. The molecule has 1 amide bonds. The average Bonchev–Trinajstić information content (AvgIpc) is 2.41. The highest BCUT2D eigenvalue weighted by Crippen LogP contribution is 2.24. The van der Waals surface area contributed by atoms with E-state index in [1.54, 1.807) is 0 Å². The molecule has 6 heteroatoms. The Kier molecular flexibility index (Phi) is 3.69. The molecule has 18 heavy (non-hydrogen) atoms. The molecule has 3 N–H and O–H groups in total. The fraction of sp³-hybridized carbons (Fsp3) is 0.417. The third kappa shape index (κ3) is 2.55. The van der Waals surface area contributed by atoms with E-state index < -0.39 is 6.10 Å². The minimum absolute atomic E-state index is 0.0496. The molecule has 6 nitrogen and oxygen atoms in total. The fourth-order valence-electron chi connectivity index (χ4n) is 1.88. The number of phenolic OH excluding ortho intramolecular Hbond substituents is 2. The van der Waals surface area contributed by atoms with E-state index >= 15 is 0 Å². The maximum Gasteiger partial charge on any atom is 0.257 e. The summed E-state index contributed by atoms with van der Waals surface area (Å²) in [5.41, 5.74) is 0.0496. The molecule has 0 aliphatic carbocycles. The number of ether oxygens (including phenoxy) is 1. The Balaban J connectivity index is 2.17. The lowest BCUT2D eigenvalue weighted by atomic mass is 10.1. The first-order valence-corrected chi connectivity index (χ1v) is 5.65. The number of carbonyl (C=O) groups excluding carboxylic acids is 1. The van der Waals surface area contributed by atoms with Crippen LogP contribution in [0.2, 0.25) is 0 Å². The normalized spacial score (nSPS) is 19.8. The number of aromatic hydroxyl groups is 2. The molecule has 1 fully saturated rings. The number of nitrogens with zero attached hydrogens (tertiary/aromatic N) is 1. The van der Waals surface area contributed by atoms with Crippen LogP contribution in [0.5, 0.6) is 11.5 Å². The number of aliphatic hydroxyl groups is 1. The molecule has 98 valence electrons. The van der Waals surface area contributed by atoms with Crippen molar-refractivity contribution in [2.75, 3.05) is 26.3 Å². The van der Waals surface area contributed by atoms with E-state index in [-0.39, 0.29) is 36.1 Å². The lowest BCUT2D eigenvalue weighted by Gasteiger charge is -2.32. The van der Waals surface area contributed by atoms with Gasteiger partial charge in [0.1, 0.15) is 11.5 Å². The van der Waals surface area contributed by atoms with Gasteiger partial charge in [-0.2, -0.15) is 0 Å². The summed E-state index contributed by atoms with van der Waals surface area (Å²) in [6.07, 6.45) is -0.401. The second-order valence-electron chi connectivity index (χ2n) is 4.13. The number of phenols is 2. The molecule has 0 aromatic heterocycles. The van der Waals surface area contributed by atoms with Crippen molar-refractivity contribution in [1.29, 1.82) is 0 Å². The third-order valence-corrected chi connectivity index (χ3v) is 2.84. The average molecular weight is 253 g/mol. The summed E-state index contributed by atoms with van der Waals surface area (Å²) in [6, 6.07) is 3.80. The van der Waals surface area contributed by atoms with Crippen LogP contribution in [-0.2, 0) is 4.74 Å². The molecule has 1 atom stereocenters. The Labute approximate surface area is 104 Å². The molecular formula is C12H15NO5. The van der Waals surface area contributed by atoms with E-state index in [9.17, 15) is 15.0 Å². The van der Waals surface area contributed by atoms with Gasteiger partial charge in [-0.05, 0) is 18.2 Å². The van der Waals surface area contributed by atoms with Crippen molar-refractivity contribution in [2.24, 2.45) is 0 Å². The van der Waals surface area contributed by atoms with E-state index in [1.807, 2.05) is 0 Å². The Morgan fingerprint density at radius 1 is 1.44 bits per heavy atom. The van der Waals surface area contributed by atoms with Crippen LogP contribution in [0.15, 0.2) is 18.2 Å². The topological polar surface area (TPSA) is 90.2 Å². The maximum absolute atomic E-state index is 12.2. The zero-order chi connectivity index (χ0) is 13.1. The summed E-state index contributed by atoms with van der Waals surface area (Å²) in [7, 11) is 0. The van der Waals surface area contributed by atoms with E-state index in [0.29, 0.717) is 13.2 Å². The van der Waals surface area contributed by atoms with Gasteiger partial charge in [0.25, 0.3) is 5.91 Å². The SMILES string of the molecule is O=C(c1cc(O)ccc1O)N1CCOC(CO)C1. The molecule has 0 saturated carbocycles. The van der Waals surface area contributed by atoms with Gasteiger partial charge in [-0.25, -0.2) is 0 Å². The Bertz CT molecular complexity index is 448. The second-order valence-corrected chi connectivity index (χ2v) is 4.13. The first-order chi connectivity index (χ1) is 8.61. The summed E-state index contributed by atoms with van der Waals surface area (Å²) >= 11 is 0. The van der Waals surface area contributed by atoms with Crippen molar-refractivity contribution >= 4 is 5.91 Å². The van der Waals surface area contributed by atoms with Gasteiger partial charge in [-0.1, -0.05) is 0 Å².